The Balaban J connectivity index is 1.94. The Labute approximate surface area is 103 Å². The van der Waals surface area contributed by atoms with Gasteiger partial charge in [0.05, 0.1) is 0 Å². The number of anilines is 1. The van der Waals surface area contributed by atoms with Gasteiger partial charge in [-0.3, -0.25) is 0 Å². The van der Waals surface area contributed by atoms with Crippen LogP contribution in [0.4, 0.5) is 10.1 Å². The van der Waals surface area contributed by atoms with Gasteiger partial charge in [-0.25, -0.2) is 4.39 Å². The van der Waals surface area contributed by atoms with Gasteiger partial charge in [0.15, 0.2) is 0 Å². The predicted octanol–water partition coefficient (Wildman–Crippen LogP) is 2.92. The van der Waals surface area contributed by atoms with E-state index in [-0.39, 0.29) is 11.4 Å². The first-order valence-corrected chi connectivity index (χ1v) is 6.42. The third-order valence-electron chi connectivity index (χ3n) is 3.80. The van der Waals surface area contributed by atoms with Crippen LogP contribution in [0.25, 0.3) is 0 Å². The van der Waals surface area contributed by atoms with E-state index in [0.29, 0.717) is 0 Å². The van der Waals surface area contributed by atoms with Crippen LogP contribution in [0.15, 0.2) is 24.3 Å². The van der Waals surface area contributed by atoms with Crippen molar-refractivity contribution in [2.24, 2.45) is 5.73 Å². The van der Waals surface area contributed by atoms with Crippen molar-refractivity contribution < 1.29 is 4.39 Å². The van der Waals surface area contributed by atoms with Crippen LogP contribution in [-0.2, 0) is 0 Å². The average molecular weight is 236 g/mol. The van der Waals surface area contributed by atoms with E-state index in [1.165, 1.54) is 18.6 Å². The normalized spacial score (nSPS) is 17.6. The van der Waals surface area contributed by atoms with Crippen molar-refractivity contribution in [2.45, 2.75) is 38.1 Å². The molecule has 0 bridgehead atoms. The summed E-state index contributed by atoms with van der Waals surface area (Å²) in [5, 5.41) is 0. The fraction of sp³-hybridized carbons (Fsp3) is 0.571. The largest absolute Gasteiger partial charge is 0.372 e. The highest BCUT2D eigenvalue weighted by Gasteiger charge is 2.32. The van der Waals surface area contributed by atoms with Crippen molar-refractivity contribution in [3.05, 3.63) is 30.1 Å². The second-order valence-corrected chi connectivity index (χ2v) is 5.02. The quantitative estimate of drug-likeness (QED) is 0.851. The molecule has 2 nitrogen and oxygen atoms in total. The first kappa shape index (κ1) is 12.4. The molecule has 1 aromatic carbocycles. The molecule has 1 saturated carbocycles. The molecule has 1 aliphatic rings. The van der Waals surface area contributed by atoms with Crippen molar-refractivity contribution in [1.29, 1.82) is 0 Å². The third-order valence-corrected chi connectivity index (χ3v) is 3.80. The Hall–Kier alpha value is -1.09. The molecule has 2 N–H and O–H groups in total. The van der Waals surface area contributed by atoms with Crippen molar-refractivity contribution in [3.63, 3.8) is 0 Å². The zero-order chi connectivity index (χ0) is 12.3. The van der Waals surface area contributed by atoms with Gasteiger partial charge in [-0.15, -0.1) is 0 Å². The summed E-state index contributed by atoms with van der Waals surface area (Å²) in [6.07, 6.45) is 4.58. The molecule has 2 rings (SSSR count). The summed E-state index contributed by atoms with van der Waals surface area (Å²) in [6.45, 7) is 4.01. The molecule has 0 heterocycles. The minimum Gasteiger partial charge on any atom is -0.372 e. The van der Waals surface area contributed by atoms with Gasteiger partial charge in [-0.2, -0.15) is 0 Å². The Morgan fingerprint density at radius 1 is 1.29 bits per heavy atom. The summed E-state index contributed by atoms with van der Waals surface area (Å²) in [6, 6.07) is 6.70. The summed E-state index contributed by atoms with van der Waals surface area (Å²) in [5.41, 5.74) is 7.36. The van der Waals surface area contributed by atoms with Gasteiger partial charge in [0.25, 0.3) is 0 Å². The van der Waals surface area contributed by atoms with Crippen LogP contribution >= 0.6 is 0 Å². The molecule has 0 amide bonds. The Bertz CT molecular complexity index is 357. The summed E-state index contributed by atoms with van der Waals surface area (Å²) < 4.78 is 12.9. The van der Waals surface area contributed by atoms with Gasteiger partial charge < -0.3 is 10.6 Å². The van der Waals surface area contributed by atoms with Gasteiger partial charge in [-0.1, -0.05) is 0 Å². The molecule has 1 aromatic rings. The molecule has 0 spiro atoms. The number of hydrogen-bond acceptors (Lipinski definition) is 2. The number of benzene rings is 1. The molecule has 0 aliphatic heterocycles. The lowest BCUT2D eigenvalue weighted by atomic mass is 9.75. The summed E-state index contributed by atoms with van der Waals surface area (Å²) in [7, 11) is 0. The maximum atomic E-state index is 12.9. The Kier molecular flexibility index (Phi) is 3.67. The number of halogens is 1. The Morgan fingerprint density at radius 2 is 1.94 bits per heavy atom. The van der Waals surface area contributed by atoms with Crippen molar-refractivity contribution >= 4 is 5.69 Å². The van der Waals surface area contributed by atoms with Gasteiger partial charge >= 0.3 is 0 Å². The lowest BCUT2D eigenvalue weighted by molar-refractivity contribution is 0.234. The highest BCUT2D eigenvalue weighted by Crippen LogP contribution is 2.32. The minimum absolute atomic E-state index is 0.0629. The third kappa shape index (κ3) is 2.97. The van der Waals surface area contributed by atoms with Crippen LogP contribution in [0.5, 0.6) is 0 Å². The smallest absolute Gasteiger partial charge is 0.123 e. The van der Waals surface area contributed by atoms with E-state index in [4.69, 9.17) is 5.73 Å². The van der Waals surface area contributed by atoms with E-state index in [1.54, 1.807) is 0 Å². The number of hydrogen-bond donors (Lipinski definition) is 1. The molecular formula is C14H21FN2. The van der Waals surface area contributed by atoms with E-state index < -0.39 is 0 Å². The maximum Gasteiger partial charge on any atom is 0.123 e. The van der Waals surface area contributed by atoms with E-state index in [9.17, 15) is 4.39 Å². The summed E-state index contributed by atoms with van der Waals surface area (Å²) in [4.78, 5) is 2.26. The second-order valence-electron chi connectivity index (χ2n) is 5.02. The average Bonchev–Trinajstić information content (AvgIpc) is 2.30. The first-order chi connectivity index (χ1) is 8.13. The molecule has 1 fully saturated rings. The SMILES string of the molecule is CCN(CCC1(N)CCC1)c1ccc(F)cc1. The molecule has 0 unspecified atom stereocenters. The lowest BCUT2D eigenvalue weighted by Gasteiger charge is -2.40. The maximum absolute atomic E-state index is 12.9. The molecule has 3 heteroatoms. The molecule has 0 radical (unpaired) electrons. The van der Waals surface area contributed by atoms with E-state index >= 15 is 0 Å². The standard InChI is InChI=1S/C14H21FN2/c1-2-17(11-10-14(16)8-3-9-14)13-6-4-12(15)5-7-13/h4-7H,2-3,8-11,16H2,1H3. The predicted molar refractivity (Wildman–Crippen MR) is 69.7 cm³/mol. The fourth-order valence-corrected chi connectivity index (χ4v) is 2.36. The Morgan fingerprint density at radius 3 is 2.41 bits per heavy atom. The fourth-order valence-electron chi connectivity index (χ4n) is 2.36. The zero-order valence-corrected chi connectivity index (χ0v) is 10.5. The van der Waals surface area contributed by atoms with Gasteiger partial charge in [0.2, 0.25) is 0 Å². The van der Waals surface area contributed by atoms with Crippen LogP contribution in [0.3, 0.4) is 0 Å². The highest BCUT2D eigenvalue weighted by atomic mass is 19.1. The molecule has 94 valence electrons. The van der Waals surface area contributed by atoms with Crippen molar-refractivity contribution in [2.75, 3.05) is 18.0 Å². The number of nitrogens with zero attached hydrogens (tertiary/aromatic N) is 1. The van der Waals surface area contributed by atoms with Crippen LogP contribution in [0, 0.1) is 5.82 Å². The van der Waals surface area contributed by atoms with Crippen molar-refractivity contribution in [3.8, 4) is 0 Å². The number of rotatable bonds is 5. The zero-order valence-electron chi connectivity index (χ0n) is 10.5. The van der Waals surface area contributed by atoms with Crippen LogP contribution in [0.1, 0.15) is 32.6 Å². The summed E-state index contributed by atoms with van der Waals surface area (Å²) >= 11 is 0. The second kappa shape index (κ2) is 5.05. The molecule has 0 aromatic heterocycles. The monoisotopic (exact) mass is 236 g/mol. The van der Waals surface area contributed by atoms with Crippen molar-refractivity contribution in [1.82, 2.24) is 0 Å². The van der Waals surface area contributed by atoms with Gasteiger partial charge in [0, 0.05) is 24.3 Å². The molecule has 0 atom stereocenters. The van der Waals surface area contributed by atoms with Crippen LogP contribution in [-0.4, -0.2) is 18.6 Å². The molecule has 1 aliphatic carbocycles. The van der Waals surface area contributed by atoms with Crippen LogP contribution < -0.4 is 10.6 Å². The highest BCUT2D eigenvalue weighted by molar-refractivity contribution is 5.46. The first-order valence-electron chi connectivity index (χ1n) is 6.42. The minimum atomic E-state index is -0.181. The summed E-state index contributed by atoms with van der Waals surface area (Å²) in [5.74, 6) is -0.181. The van der Waals surface area contributed by atoms with Gasteiger partial charge in [0.1, 0.15) is 5.82 Å². The van der Waals surface area contributed by atoms with Crippen LogP contribution in [0.2, 0.25) is 0 Å². The molecule has 0 saturated heterocycles. The van der Waals surface area contributed by atoms with E-state index in [0.717, 1.165) is 38.0 Å². The lowest BCUT2D eigenvalue weighted by Crippen LogP contribution is -2.48. The topological polar surface area (TPSA) is 29.3 Å². The van der Waals surface area contributed by atoms with Gasteiger partial charge in [-0.05, 0) is 56.9 Å². The number of nitrogens with two attached hydrogens (primary N) is 1. The van der Waals surface area contributed by atoms with E-state index in [2.05, 4.69) is 11.8 Å². The molecular weight excluding hydrogens is 215 g/mol. The van der Waals surface area contributed by atoms with E-state index in [1.807, 2.05) is 12.1 Å². The molecule has 17 heavy (non-hydrogen) atoms.